The Kier molecular flexibility index (Phi) is 7.15. The third-order valence-electron chi connectivity index (χ3n) is 8.46. The molecule has 41 heavy (non-hydrogen) atoms. The molecular weight excluding hydrogens is 519 g/mol. The first-order valence-electron chi connectivity index (χ1n) is 14.2. The molecule has 0 bridgehead atoms. The number of benzene rings is 2. The predicted octanol–water partition coefficient (Wildman–Crippen LogP) is 4.74. The summed E-state index contributed by atoms with van der Waals surface area (Å²) in [5, 5.41) is 0.670. The molecule has 1 fully saturated rings. The molecule has 6 rings (SSSR count). The van der Waals surface area contributed by atoms with Gasteiger partial charge in [-0.1, -0.05) is 30.3 Å². The number of carbonyl (C=O) groups is 3. The number of ketones is 1. The molecule has 2 N–H and O–H groups in total. The maximum Gasteiger partial charge on any atom is 0.250 e. The molecule has 7 nitrogen and oxygen atoms in total. The van der Waals surface area contributed by atoms with Gasteiger partial charge >= 0.3 is 0 Å². The van der Waals surface area contributed by atoms with Gasteiger partial charge in [-0.2, -0.15) is 0 Å². The van der Waals surface area contributed by atoms with Crippen LogP contribution in [0.25, 0.3) is 22.0 Å². The van der Waals surface area contributed by atoms with Gasteiger partial charge in [0.1, 0.15) is 12.7 Å². The number of primary amides is 1. The first-order chi connectivity index (χ1) is 19.8. The Morgan fingerprint density at radius 1 is 0.976 bits per heavy atom. The van der Waals surface area contributed by atoms with Gasteiger partial charge < -0.3 is 15.2 Å². The van der Waals surface area contributed by atoms with Crippen molar-refractivity contribution in [3.8, 4) is 11.1 Å². The van der Waals surface area contributed by atoms with Crippen LogP contribution in [0.5, 0.6) is 0 Å². The number of rotatable bonds is 7. The molecule has 4 aromatic rings. The zero-order valence-corrected chi connectivity index (χ0v) is 23.1. The van der Waals surface area contributed by atoms with E-state index >= 15 is 0 Å². The predicted molar refractivity (Wildman–Crippen MR) is 155 cm³/mol. The number of nitrogens with zero attached hydrogens (tertiary/aromatic N) is 3. The van der Waals surface area contributed by atoms with E-state index in [-0.39, 0.29) is 50.5 Å². The third-order valence-corrected chi connectivity index (χ3v) is 8.46. The molecule has 210 valence electrons. The number of Topliss-reactive ketones (excluding diaryl/α,β-unsaturated/α-hetero) is 1. The maximum atomic E-state index is 14.4. The van der Waals surface area contributed by atoms with Gasteiger partial charge in [0.15, 0.2) is 5.78 Å². The number of nitrogens with two attached hydrogens (primary N) is 1. The number of aryl methyl sites for hydroxylation is 3. The third kappa shape index (κ3) is 5.38. The molecule has 2 aliphatic rings. The van der Waals surface area contributed by atoms with Crippen LogP contribution in [-0.2, 0) is 35.4 Å². The monoisotopic (exact) mass is 552 g/mol. The zero-order chi connectivity index (χ0) is 28.7. The van der Waals surface area contributed by atoms with E-state index < -0.39 is 18.1 Å². The molecule has 0 radical (unpaired) electrons. The largest absolute Gasteiger partial charge is 0.366 e. The quantitative estimate of drug-likeness (QED) is 0.358. The van der Waals surface area contributed by atoms with E-state index in [2.05, 4.69) is 23.2 Å². The molecule has 3 heterocycles. The normalized spacial score (nSPS) is 18.4. The molecule has 1 unspecified atom stereocenters. The number of likely N-dealkylation sites (tertiary alicyclic amines) is 1. The first-order valence-corrected chi connectivity index (χ1v) is 14.2. The van der Waals surface area contributed by atoms with Crippen molar-refractivity contribution in [1.29, 1.82) is 0 Å². The van der Waals surface area contributed by atoms with E-state index in [1.54, 1.807) is 16.8 Å². The molecule has 1 aliphatic heterocycles. The summed E-state index contributed by atoms with van der Waals surface area (Å²) in [5.41, 5.74) is 13.0. The summed E-state index contributed by atoms with van der Waals surface area (Å²) in [6, 6.07) is 17.0. The Balaban J connectivity index is 1.28. The summed E-state index contributed by atoms with van der Waals surface area (Å²) in [4.78, 5) is 45.5. The van der Waals surface area contributed by atoms with Crippen LogP contribution < -0.4 is 5.73 Å². The van der Waals surface area contributed by atoms with Crippen molar-refractivity contribution in [2.75, 3.05) is 6.54 Å². The summed E-state index contributed by atoms with van der Waals surface area (Å²) in [7, 11) is 0. The lowest BCUT2D eigenvalue weighted by molar-refractivity contribution is -0.139. The summed E-state index contributed by atoms with van der Waals surface area (Å²) in [5.74, 6) is -1.03. The minimum Gasteiger partial charge on any atom is -0.366 e. The molecule has 2 atom stereocenters. The molecule has 8 heteroatoms. The van der Waals surface area contributed by atoms with E-state index in [1.165, 1.54) is 16.0 Å². The lowest BCUT2D eigenvalue weighted by Gasteiger charge is -2.29. The fourth-order valence-electron chi connectivity index (χ4n) is 6.12. The zero-order valence-electron chi connectivity index (χ0n) is 23.1. The Labute approximate surface area is 238 Å². The molecule has 2 aromatic heterocycles. The SMILES string of the molecule is Cc1cccc(CC(=O)[C@@H]2CCC(F)CCN2C(=O)Cn2cc(C(N)=O)c3cc(-c4ccc5c(c4)CC5)ccc32)n1. The van der Waals surface area contributed by atoms with Gasteiger partial charge in [-0.3, -0.25) is 19.4 Å². The average Bonchev–Trinajstić information content (AvgIpc) is 3.16. The molecule has 0 saturated carbocycles. The van der Waals surface area contributed by atoms with Gasteiger partial charge in [0.25, 0.3) is 5.91 Å². The fraction of sp³-hybridized carbons (Fsp3) is 0.333. The Morgan fingerprint density at radius 2 is 1.76 bits per heavy atom. The molecule has 1 saturated heterocycles. The van der Waals surface area contributed by atoms with Crippen LogP contribution in [0.4, 0.5) is 4.39 Å². The molecule has 2 aromatic carbocycles. The van der Waals surface area contributed by atoms with E-state index in [9.17, 15) is 18.8 Å². The van der Waals surface area contributed by atoms with Gasteiger partial charge in [-0.15, -0.1) is 0 Å². The molecule has 0 spiro atoms. The average molecular weight is 553 g/mol. The van der Waals surface area contributed by atoms with Crippen LogP contribution in [0, 0.1) is 6.92 Å². The minimum absolute atomic E-state index is 0.0802. The highest BCUT2D eigenvalue weighted by molar-refractivity contribution is 6.07. The van der Waals surface area contributed by atoms with Gasteiger partial charge in [-0.05, 0) is 85.5 Å². The van der Waals surface area contributed by atoms with Crippen LogP contribution in [-0.4, -0.2) is 50.8 Å². The van der Waals surface area contributed by atoms with E-state index in [1.807, 2.05) is 37.3 Å². The smallest absolute Gasteiger partial charge is 0.250 e. The minimum atomic E-state index is -1.07. The maximum absolute atomic E-state index is 14.4. The van der Waals surface area contributed by atoms with Crippen molar-refractivity contribution < 1.29 is 18.8 Å². The second-order valence-electron chi connectivity index (χ2n) is 11.2. The van der Waals surface area contributed by atoms with Crippen molar-refractivity contribution in [2.45, 2.75) is 64.2 Å². The number of amides is 2. The highest BCUT2D eigenvalue weighted by Crippen LogP contribution is 2.32. The highest BCUT2D eigenvalue weighted by atomic mass is 19.1. The number of hydrogen-bond donors (Lipinski definition) is 1. The lowest BCUT2D eigenvalue weighted by Crippen LogP contribution is -2.46. The molecule has 2 amide bonds. The summed E-state index contributed by atoms with van der Waals surface area (Å²) in [6.45, 7) is 1.92. The van der Waals surface area contributed by atoms with E-state index in [0.29, 0.717) is 22.2 Å². The Bertz CT molecular complexity index is 1680. The number of halogens is 1. The number of aromatic nitrogens is 2. The molecule has 1 aliphatic carbocycles. The lowest BCUT2D eigenvalue weighted by atomic mass is 9.86. The number of pyridine rings is 1. The van der Waals surface area contributed by atoms with E-state index in [0.717, 1.165) is 29.7 Å². The number of hydrogen-bond acceptors (Lipinski definition) is 4. The van der Waals surface area contributed by atoms with Gasteiger partial charge in [0.2, 0.25) is 5.91 Å². The van der Waals surface area contributed by atoms with Crippen molar-refractivity contribution in [3.05, 3.63) is 88.9 Å². The van der Waals surface area contributed by atoms with Crippen molar-refractivity contribution >= 4 is 28.5 Å². The number of carbonyl (C=O) groups excluding carboxylic acids is 3. The van der Waals surface area contributed by atoms with Gasteiger partial charge in [-0.25, -0.2) is 4.39 Å². The Hall–Kier alpha value is -4.33. The Morgan fingerprint density at radius 3 is 2.49 bits per heavy atom. The van der Waals surface area contributed by atoms with Gasteiger partial charge in [0, 0.05) is 35.0 Å². The summed E-state index contributed by atoms with van der Waals surface area (Å²) in [6.07, 6.45) is 3.47. The van der Waals surface area contributed by atoms with Crippen LogP contribution in [0.2, 0.25) is 0 Å². The van der Waals surface area contributed by atoms with Crippen LogP contribution in [0.3, 0.4) is 0 Å². The fourth-order valence-corrected chi connectivity index (χ4v) is 6.12. The summed E-state index contributed by atoms with van der Waals surface area (Å²) >= 11 is 0. The van der Waals surface area contributed by atoms with Crippen LogP contribution >= 0.6 is 0 Å². The number of fused-ring (bicyclic) bond motifs is 2. The van der Waals surface area contributed by atoms with Crippen molar-refractivity contribution in [2.24, 2.45) is 5.73 Å². The number of alkyl halides is 1. The highest BCUT2D eigenvalue weighted by Gasteiger charge is 2.33. The summed E-state index contributed by atoms with van der Waals surface area (Å²) < 4.78 is 16.1. The first kappa shape index (κ1) is 26.9. The van der Waals surface area contributed by atoms with E-state index in [4.69, 9.17) is 5.73 Å². The van der Waals surface area contributed by atoms with Crippen LogP contribution in [0.1, 0.15) is 52.1 Å². The standard InChI is InChI=1S/C33H33FN4O3/c1-20-3-2-4-26(36-20)17-31(39)30-12-10-25(34)13-14-38(30)32(40)19-37-18-28(33(35)41)27-16-24(9-11-29(27)37)23-8-6-21-5-7-22(21)15-23/h2-4,6,8-9,11,15-16,18,25,30H,5,7,10,12-14,17,19H2,1H3,(H2,35,41)/t25?,30-/m0/s1. The van der Waals surface area contributed by atoms with Gasteiger partial charge in [0.05, 0.1) is 18.0 Å². The second-order valence-corrected chi connectivity index (χ2v) is 11.2. The van der Waals surface area contributed by atoms with Crippen LogP contribution in [0.15, 0.2) is 60.8 Å². The second kappa shape index (κ2) is 10.9. The van der Waals surface area contributed by atoms with Crippen molar-refractivity contribution in [1.82, 2.24) is 14.5 Å². The molecular formula is C33H33FN4O3. The van der Waals surface area contributed by atoms with Crippen molar-refractivity contribution in [3.63, 3.8) is 0 Å². The topological polar surface area (TPSA) is 98.3 Å².